The van der Waals surface area contributed by atoms with Crippen LogP contribution in [0.3, 0.4) is 0 Å². The van der Waals surface area contributed by atoms with Gasteiger partial charge >= 0.3 is 0 Å². The van der Waals surface area contributed by atoms with E-state index in [9.17, 15) is 4.79 Å². The summed E-state index contributed by atoms with van der Waals surface area (Å²) in [5, 5.41) is 6.59. The van der Waals surface area contributed by atoms with Gasteiger partial charge in [0.25, 0.3) is 0 Å². The predicted octanol–water partition coefficient (Wildman–Crippen LogP) is 2.85. The van der Waals surface area contributed by atoms with Crippen molar-refractivity contribution in [2.45, 2.75) is 56.4 Å². The number of rotatable bonds is 6. The fourth-order valence-electron chi connectivity index (χ4n) is 5.10. The fourth-order valence-corrected chi connectivity index (χ4v) is 5.10. The van der Waals surface area contributed by atoms with E-state index in [0.29, 0.717) is 19.2 Å². The van der Waals surface area contributed by atoms with Gasteiger partial charge in [-0.15, -0.1) is 0 Å². The monoisotopic (exact) mass is 451 g/mol. The molecule has 33 heavy (non-hydrogen) atoms. The van der Waals surface area contributed by atoms with Gasteiger partial charge in [0, 0.05) is 37.5 Å². The summed E-state index contributed by atoms with van der Waals surface area (Å²) in [4.78, 5) is 23.9. The maximum Gasteiger partial charge on any atom is 0.223 e. The summed E-state index contributed by atoms with van der Waals surface area (Å²) in [6.07, 6.45) is 7.00. The van der Waals surface area contributed by atoms with Crippen molar-refractivity contribution in [3.8, 4) is 11.3 Å². The minimum absolute atomic E-state index is 0.0575. The van der Waals surface area contributed by atoms with Crippen LogP contribution in [0.1, 0.15) is 32.1 Å². The van der Waals surface area contributed by atoms with Crippen LogP contribution < -0.4 is 15.5 Å². The van der Waals surface area contributed by atoms with E-state index in [1.54, 1.807) is 6.20 Å². The van der Waals surface area contributed by atoms with Crippen molar-refractivity contribution in [2.24, 2.45) is 5.92 Å². The molecule has 1 aromatic heterocycles. The van der Waals surface area contributed by atoms with E-state index in [0.717, 1.165) is 42.6 Å². The minimum Gasteiger partial charge on any atom is -0.378 e. The number of nitrogens with one attached hydrogen (secondary N) is 2. The van der Waals surface area contributed by atoms with Gasteiger partial charge in [-0.05, 0) is 31.0 Å². The van der Waals surface area contributed by atoms with Gasteiger partial charge in [-0.3, -0.25) is 4.79 Å². The molecule has 2 N–H and O–H groups in total. The molecule has 2 aromatic rings. The molecule has 3 aliphatic rings. The van der Waals surface area contributed by atoms with Crippen LogP contribution in [0.15, 0.2) is 36.5 Å². The molecule has 1 aliphatic carbocycles. The Labute approximate surface area is 195 Å². The Kier molecular flexibility index (Phi) is 6.46. The fraction of sp³-hybridized carbons (Fsp3) is 0.560. The lowest BCUT2D eigenvalue weighted by atomic mass is 9.88. The van der Waals surface area contributed by atoms with Crippen LogP contribution in [0.25, 0.3) is 11.3 Å². The molecule has 4 unspecified atom stereocenters. The topological polar surface area (TPSA) is 88.6 Å². The highest BCUT2D eigenvalue weighted by Crippen LogP contribution is 2.30. The third-order valence-electron chi connectivity index (χ3n) is 7.01. The number of carbonyl (C=O) groups is 1. The first-order valence-corrected chi connectivity index (χ1v) is 12.0. The molecule has 5 rings (SSSR count). The summed E-state index contributed by atoms with van der Waals surface area (Å²) in [5.74, 6) is 0.841. The van der Waals surface area contributed by atoms with Gasteiger partial charge in [-0.25, -0.2) is 9.97 Å². The summed E-state index contributed by atoms with van der Waals surface area (Å²) < 4.78 is 12.1. The van der Waals surface area contributed by atoms with E-state index >= 15 is 0 Å². The molecule has 0 bridgehead atoms. The van der Waals surface area contributed by atoms with Crippen molar-refractivity contribution < 1.29 is 14.3 Å². The van der Waals surface area contributed by atoms with Crippen LogP contribution in [-0.4, -0.2) is 67.5 Å². The minimum atomic E-state index is -0.142. The maximum atomic E-state index is 12.7. The van der Waals surface area contributed by atoms with E-state index in [4.69, 9.17) is 14.5 Å². The quantitative estimate of drug-likeness (QED) is 0.698. The molecule has 1 saturated carbocycles. The van der Waals surface area contributed by atoms with Crippen molar-refractivity contribution in [1.29, 1.82) is 0 Å². The van der Waals surface area contributed by atoms with Crippen LogP contribution in [-0.2, 0) is 14.3 Å². The lowest BCUT2D eigenvalue weighted by Gasteiger charge is -2.24. The number of hydrogen-bond donors (Lipinski definition) is 2. The number of nitrogens with zero attached hydrogens (tertiary/aromatic N) is 3. The number of ether oxygens (including phenoxy) is 2. The third-order valence-corrected chi connectivity index (χ3v) is 7.01. The van der Waals surface area contributed by atoms with Crippen LogP contribution >= 0.6 is 0 Å². The number of benzene rings is 1. The zero-order valence-corrected chi connectivity index (χ0v) is 19.4. The van der Waals surface area contributed by atoms with Gasteiger partial charge in [0.15, 0.2) is 0 Å². The Morgan fingerprint density at radius 1 is 0.970 bits per heavy atom. The molecule has 2 saturated heterocycles. The average molecular weight is 452 g/mol. The molecule has 3 fully saturated rings. The maximum absolute atomic E-state index is 12.7. The lowest BCUT2D eigenvalue weighted by Crippen LogP contribution is -2.47. The second-order valence-corrected chi connectivity index (χ2v) is 9.50. The Bertz CT molecular complexity index is 961. The molecule has 8 nitrogen and oxygen atoms in total. The van der Waals surface area contributed by atoms with E-state index < -0.39 is 0 Å². The molecule has 8 heteroatoms. The largest absolute Gasteiger partial charge is 0.378 e. The van der Waals surface area contributed by atoms with Crippen LogP contribution in [0.4, 0.5) is 11.6 Å². The van der Waals surface area contributed by atoms with E-state index in [1.807, 2.05) is 20.2 Å². The van der Waals surface area contributed by atoms with Crippen molar-refractivity contribution >= 4 is 17.5 Å². The SMILES string of the molecule is CN(C)c1ccc(-c2ccnc(NC3COC4C(NC(=O)C5CCCCC5)COC34)n2)cc1. The number of amides is 1. The lowest BCUT2D eigenvalue weighted by molar-refractivity contribution is -0.127. The first-order valence-electron chi connectivity index (χ1n) is 12.0. The summed E-state index contributed by atoms with van der Waals surface area (Å²) >= 11 is 0. The Morgan fingerprint density at radius 2 is 1.67 bits per heavy atom. The van der Waals surface area contributed by atoms with Crippen molar-refractivity contribution in [2.75, 3.05) is 37.5 Å². The molecule has 2 aliphatic heterocycles. The average Bonchev–Trinajstić information content (AvgIpc) is 3.43. The van der Waals surface area contributed by atoms with E-state index in [-0.39, 0.29) is 36.1 Å². The molecule has 0 radical (unpaired) electrons. The molecule has 0 spiro atoms. The van der Waals surface area contributed by atoms with Crippen molar-refractivity contribution in [1.82, 2.24) is 15.3 Å². The number of anilines is 2. The first kappa shape index (κ1) is 22.1. The smallest absolute Gasteiger partial charge is 0.223 e. The van der Waals surface area contributed by atoms with Crippen LogP contribution in [0, 0.1) is 5.92 Å². The van der Waals surface area contributed by atoms with Crippen molar-refractivity contribution in [3.05, 3.63) is 36.5 Å². The summed E-state index contributed by atoms with van der Waals surface area (Å²) in [5.41, 5.74) is 3.04. The summed E-state index contributed by atoms with van der Waals surface area (Å²) in [6, 6.07) is 10.0. The summed E-state index contributed by atoms with van der Waals surface area (Å²) in [6.45, 7) is 0.974. The van der Waals surface area contributed by atoms with Crippen LogP contribution in [0.2, 0.25) is 0 Å². The number of carbonyl (C=O) groups excluding carboxylic acids is 1. The highest BCUT2D eigenvalue weighted by atomic mass is 16.6. The van der Waals surface area contributed by atoms with Gasteiger partial charge in [-0.2, -0.15) is 0 Å². The highest BCUT2D eigenvalue weighted by Gasteiger charge is 2.48. The molecule has 1 amide bonds. The normalized spacial score (nSPS) is 27.2. The zero-order valence-electron chi connectivity index (χ0n) is 19.4. The Balaban J connectivity index is 1.20. The second-order valence-electron chi connectivity index (χ2n) is 9.50. The molecule has 3 heterocycles. The predicted molar refractivity (Wildman–Crippen MR) is 127 cm³/mol. The number of aromatic nitrogens is 2. The van der Waals surface area contributed by atoms with Gasteiger partial charge in [0.05, 0.1) is 31.0 Å². The molecule has 4 atom stereocenters. The van der Waals surface area contributed by atoms with Crippen molar-refractivity contribution in [3.63, 3.8) is 0 Å². The molecule has 1 aromatic carbocycles. The Morgan fingerprint density at radius 3 is 2.39 bits per heavy atom. The van der Waals surface area contributed by atoms with Gasteiger partial charge in [-0.1, -0.05) is 31.4 Å². The first-order chi connectivity index (χ1) is 16.1. The van der Waals surface area contributed by atoms with E-state index in [2.05, 4.69) is 44.8 Å². The van der Waals surface area contributed by atoms with Gasteiger partial charge in [0.1, 0.15) is 12.2 Å². The van der Waals surface area contributed by atoms with E-state index in [1.165, 1.54) is 6.42 Å². The molecular formula is C25H33N5O3. The number of fused-ring (bicyclic) bond motifs is 1. The van der Waals surface area contributed by atoms with Gasteiger partial charge < -0.3 is 25.0 Å². The zero-order chi connectivity index (χ0) is 22.8. The summed E-state index contributed by atoms with van der Waals surface area (Å²) in [7, 11) is 4.05. The second kappa shape index (κ2) is 9.65. The third kappa shape index (κ3) is 4.82. The van der Waals surface area contributed by atoms with Crippen LogP contribution in [0.5, 0.6) is 0 Å². The molecular weight excluding hydrogens is 418 g/mol. The standard InChI is InChI=1S/C25H33N5O3/c1-30(2)18-10-8-16(9-11-18)19-12-13-26-25(28-19)29-21-15-33-22-20(14-32-23(21)22)27-24(31)17-6-4-3-5-7-17/h8-13,17,20-23H,3-7,14-15H2,1-2H3,(H,27,31)(H,26,28,29). The highest BCUT2D eigenvalue weighted by molar-refractivity contribution is 5.79. The Hall–Kier alpha value is -2.71. The molecule has 176 valence electrons. The number of hydrogen-bond acceptors (Lipinski definition) is 7. The van der Waals surface area contributed by atoms with Gasteiger partial charge in [0.2, 0.25) is 11.9 Å².